The average Bonchev–Trinajstić information content (AvgIpc) is 2.28. The third-order valence-electron chi connectivity index (χ3n) is 2.92. The third kappa shape index (κ3) is 1.61. The first-order valence-electron chi connectivity index (χ1n) is 4.89. The second-order valence-corrected chi connectivity index (χ2v) is 4.20. The molecule has 5 heteroatoms. The number of rotatable bonds is 2. The van der Waals surface area contributed by atoms with Crippen molar-refractivity contribution in [2.45, 2.75) is 38.9 Å². The first kappa shape index (κ1) is 12.0. The van der Waals surface area contributed by atoms with Crippen LogP contribution in [0.15, 0.2) is 0 Å². The summed E-state index contributed by atoms with van der Waals surface area (Å²) in [6, 6.07) is 0. The van der Waals surface area contributed by atoms with E-state index in [9.17, 15) is 14.7 Å². The monoisotopic (exact) mass is 216 g/mol. The standard InChI is InChI=1S/C10H16O5/c1-5-14-7(11)10(13)6(2)9(3,4)15-8(10)12/h6,13H,5H2,1-4H3. The van der Waals surface area contributed by atoms with Gasteiger partial charge in [0, 0.05) is 5.92 Å². The smallest absolute Gasteiger partial charge is 0.351 e. The van der Waals surface area contributed by atoms with Crippen molar-refractivity contribution in [1.29, 1.82) is 0 Å². The lowest BCUT2D eigenvalue weighted by atomic mass is 9.81. The Balaban J connectivity index is 3.03. The summed E-state index contributed by atoms with van der Waals surface area (Å²) in [6.07, 6.45) is 0. The summed E-state index contributed by atoms with van der Waals surface area (Å²) in [6.45, 7) is 6.60. The number of hydrogen-bond donors (Lipinski definition) is 1. The van der Waals surface area contributed by atoms with Crippen molar-refractivity contribution in [3.8, 4) is 0 Å². The molecule has 2 unspecified atom stereocenters. The molecular weight excluding hydrogens is 200 g/mol. The third-order valence-corrected chi connectivity index (χ3v) is 2.92. The number of aliphatic hydroxyl groups is 1. The van der Waals surface area contributed by atoms with Gasteiger partial charge in [0.25, 0.3) is 5.60 Å². The molecule has 1 N–H and O–H groups in total. The van der Waals surface area contributed by atoms with Crippen molar-refractivity contribution < 1.29 is 24.2 Å². The Kier molecular flexibility index (Phi) is 2.78. The van der Waals surface area contributed by atoms with Gasteiger partial charge in [-0.05, 0) is 20.8 Å². The molecule has 0 bridgehead atoms. The maximum Gasteiger partial charge on any atom is 0.351 e. The first-order chi connectivity index (χ1) is 6.76. The van der Waals surface area contributed by atoms with E-state index in [-0.39, 0.29) is 6.61 Å². The largest absolute Gasteiger partial charge is 0.463 e. The fourth-order valence-electron chi connectivity index (χ4n) is 1.59. The molecule has 15 heavy (non-hydrogen) atoms. The van der Waals surface area contributed by atoms with Gasteiger partial charge >= 0.3 is 11.9 Å². The van der Waals surface area contributed by atoms with Crippen molar-refractivity contribution in [3.05, 3.63) is 0 Å². The molecule has 2 atom stereocenters. The number of esters is 2. The summed E-state index contributed by atoms with van der Waals surface area (Å²) in [5.74, 6) is -2.51. The zero-order valence-corrected chi connectivity index (χ0v) is 9.36. The van der Waals surface area contributed by atoms with Gasteiger partial charge in [0.05, 0.1) is 6.61 Å². The summed E-state index contributed by atoms with van der Waals surface area (Å²) < 4.78 is 9.63. The Morgan fingerprint density at radius 1 is 1.60 bits per heavy atom. The van der Waals surface area contributed by atoms with Gasteiger partial charge in [-0.15, -0.1) is 0 Å². The SMILES string of the molecule is CCOC(=O)C1(O)C(=O)OC(C)(C)C1C. The Hall–Kier alpha value is -1.10. The summed E-state index contributed by atoms with van der Waals surface area (Å²) in [5, 5.41) is 10.0. The molecule has 1 fully saturated rings. The Morgan fingerprint density at radius 3 is 2.47 bits per heavy atom. The number of ether oxygens (including phenoxy) is 2. The molecule has 1 aliphatic rings. The molecule has 0 aromatic rings. The van der Waals surface area contributed by atoms with E-state index in [2.05, 4.69) is 4.74 Å². The van der Waals surface area contributed by atoms with Crippen molar-refractivity contribution in [1.82, 2.24) is 0 Å². The van der Waals surface area contributed by atoms with Gasteiger partial charge in [-0.1, -0.05) is 6.92 Å². The van der Waals surface area contributed by atoms with Gasteiger partial charge in [-0.3, -0.25) is 0 Å². The number of hydrogen-bond acceptors (Lipinski definition) is 5. The van der Waals surface area contributed by atoms with Crippen LogP contribution in [0.4, 0.5) is 0 Å². The van der Waals surface area contributed by atoms with Crippen LogP contribution < -0.4 is 0 Å². The van der Waals surface area contributed by atoms with Crippen LogP contribution in [0.2, 0.25) is 0 Å². The van der Waals surface area contributed by atoms with E-state index >= 15 is 0 Å². The van der Waals surface area contributed by atoms with Crippen molar-refractivity contribution in [3.63, 3.8) is 0 Å². The molecule has 0 radical (unpaired) electrons. The fourth-order valence-corrected chi connectivity index (χ4v) is 1.59. The lowest BCUT2D eigenvalue weighted by Crippen LogP contribution is -2.50. The molecule has 86 valence electrons. The zero-order chi connectivity index (χ0) is 11.9. The zero-order valence-electron chi connectivity index (χ0n) is 9.36. The predicted molar refractivity (Wildman–Crippen MR) is 50.9 cm³/mol. The number of carbonyl (C=O) groups excluding carboxylic acids is 2. The molecule has 5 nitrogen and oxygen atoms in total. The van der Waals surface area contributed by atoms with Crippen LogP contribution in [-0.4, -0.2) is 34.9 Å². The van der Waals surface area contributed by atoms with Gasteiger partial charge in [0.15, 0.2) is 0 Å². The van der Waals surface area contributed by atoms with Crippen molar-refractivity contribution in [2.24, 2.45) is 5.92 Å². The Morgan fingerprint density at radius 2 is 2.13 bits per heavy atom. The highest BCUT2D eigenvalue weighted by Crippen LogP contribution is 2.40. The van der Waals surface area contributed by atoms with Crippen LogP contribution in [0.25, 0.3) is 0 Å². The van der Waals surface area contributed by atoms with Gasteiger partial charge in [-0.2, -0.15) is 0 Å². The second-order valence-electron chi connectivity index (χ2n) is 4.20. The van der Waals surface area contributed by atoms with Crippen LogP contribution in [0.3, 0.4) is 0 Å². The van der Waals surface area contributed by atoms with E-state index < -0.39 is 29.1 Å². The Labute approximate surface area is 88.4 Å². The molecule has 0 amide bonds. The lowest BCUT2D eigenvalue weighted by Gasteiger charge is -2.26. The minimum absolute atomic E-state index is 0.113. The number of carbonyl (C=O) groups is 2. The molecule has 0 aromatic heterocycles. The highest BCUT2D eigenvalue weighted by Gasteiger charge is 2.64. The molecular formula is C10H16O5. The van der Waals surface area contributed by atoms with Crippen molar-refractivity contribution >= 4 is 11.9 Å². The van der Waals surface area contributed by atoms with Gasteiger partial charge in [-0.25, -0.2) is 9.59 Å². The molecule has 1 saturated heterocycles. The summed E-state index contributed by atoms with van der Waals surface area (Å²) in [7, 11) is 0. The minimum Gasteiger partial charge on any atom is -0.463 e. The molecule has 1 heterocycles. The molecule has 0 saturated carbocycles. The van der Waals surface area contributed by atoms with Gasteiger partial charge in [0.1, 0.15) is 5.60 Å². The van der Waals surface area contributed by atoms with E-state index in [4.69, 9.17) is 4.74 Å². The molecule has 0 aliphatic carbocycles. The highest BCUT2D eigenvalue weighted by molar-refractivity contribution is 6.05. The van der Waals surface area contributed by atoms with E-state index in [0.29, 0.717) is 0 Å². The fraction of sp³-hybridized carbons (Fsp3) is 0.800. The molecule has 1 aliphatic heterocycles. The summed E-state index contributed by atoms with van der Waals surface area (Å²) in [5.41, 5.74) is -3.03. The summed E-state index contributed by atoms with van der Waals surface area (Å²) >= 11 is 0. The maximum atomic E-state index is 11.5. The van der Waals surface area contributed by atoms with E-state index in [1.54, 1.807) is 27.7 Å². The highest BCUT2D eigenvalue weighted by atomic mass is 16.6. The second kappa shape index (κ2) is 3.48. The molecule has 0 spiro atoms. The van der Waals surface area contributed by atoms with E-state index in [1.807, 2.05) is 0 Å². The maximum absolute atomic E-state index is 11.5. The first-order valence-corrected chi connectivity index (χ1v) is 4.89. The van der Waals surface area contributed by atoms with Crippen LogP contribution >= 0.6 is 0 Å². The minimum atomic E-state index is -2.17. The van der Waals surface area contributed by atoms with Crippen LogP contribution in [0.5, 0.6) is 0 Å². The normalized spacial score (nSPS) is 33.7. The average molecular weight is 216 g/mol. The van der Waals surface area contributed by atoms with Crippen molar-refractivity contribution in [2.75, 3.05) is 6.61 Å². The predicted octanol–water partition coefficient (Wildman–Crippen LogP) is 0.252. The summed E-state index contributed by atoms with van der Waals surface area (Å²) in [4.78, 5) is 23.0. The quantitative estimate of drug-likeness (QED) is 0.529. The van der Waals surface area contributed by atoms with Crippen LogP contribution in [-0.2, 0) is 19.1 Å². The van der Waals surface area contributed by atoms with Gasteiger partial charge < -0.3 is 14.6 Å². The molecule has 0 aromatic carbocycles. The van der Waals surface area contributed by atoms with Crippen LogP contribution in [0.1, 0.15) is 27.7 Å². The number of cyclic esters (lactones) is 1. The van der Waals surface area contributed by atoms with Gasteiger partial charge in [0.2, 0.25) is 0 Å². The lowest BCUT2D eigenvalue weighted by molar-refractivity contribution is -0.176. The van der Waals surface area contributed by atoms with Crippen LogP contribution in [0, 0.1) is 5.92 Å². The topological polar surface area (TPSA) is 72.8 Å². The van der Waals surface area contributed by atoms with E-state index in [1.165, 1.54) is 0 Å². The van der Waals surface area contributed by atoms with E-state index in [0.717, 1.165) is 0 Å². The molecule has 1 rings (SSSR count). The Bertz CT molecular complexity index is 296.